The van der Waals surface area contributed by atoms with Crippen LogP contribution in [-0.2, 0) is 13.5 Å². The van der Waals surface area contributed by atoms with Gasteiger partial charge in [-0.2, -0.15) is 5.10 Å². The van der Waals surface area contributed by atoms with Gasteiger partial charge in [-0.3, -0.25) is 9.59 Å². The summed E-state index contributed by atoms with van der Waals surface area (Å²) < 4.78 is 1.22. The smallest absolute Gasteiger partial charge is 0.274 e. The molecule has 1 atom stereocenters. The van der Waals surface area contributed by atoms with Crippen LogP contribution in [-0.4, -0.2) is 15.7 Å². The molecule has 1 N–H and O–H groups in total. The molecule has 29 heavy (non-hydrogen) atoms. The van der Waals surface area contributed by atoms with E-state index in [4.69, 9.17) is 0 Å². The molecule has 0 fully saturated rings. The summed E-state index contributed by atoms with van der Waals surface area (Å²) in [4.78, 5) is 26.6. The Balaban J connectivity index is 1.75. The van der Waals surface area contributed by atoms with E-state index in [-0.39, 0.29) is 23.2 Å². The molecule has 146 valence electrons. The Morgan fingerprint density at radius 3 is 2.45 bits per heavy atom. The summed E-state index contributed by atoms with van der Waals surface area (Å²) in [6.45, 7) is 2.12. The average molecular weight is 404 g/mol. The first-order valence-electron chi connectivity index (χ1n) is 9.47. The lowest BCUT2D eigenvalue weighted by atomic mass is 10.0. The quantitative estimate of drug-likeness (QED) is 0.546. The van der Waals surface area contributed by atoms with E-state index < -0.39 is 0 Å². The van der Waals surface area contributed by atoms with Gasteiger partial charge in [0.1, 0.15) is 0 Å². The Morgan fingerprint density at radius 1 is 1.07 bits per heavy atom. The molecule has 0 aliphatic carbocycles. The number of benzene rings is 2. The van der Waals surface area contributed by atoms with Crippen LogP contribution >= 0.6 is 11.3 Å². The van der Waals surface area contributed by atoms with Gasteiger partial charge >= 0.3 is 0 Å². The number of hydrogen-bond acceptors (Lipinski definition) is 4. The first kappa shape index (κ1) is 19.1. The number of aryl methyl sites for hydroxylation is 2. The first-order valence-corrected chi connectivity index (χ1v) is 10.4. The molecule has 0 spiro atoms. The van der Waals surface area contributed by atoms with Crippen molar-refractivity contribution in [1.29, 1.82) is 0 Å². The highest BCUT2D eigenvalue weighted by Crippen LogP contribution is 2.27. The normalized spacial score (nSPS) is 12.1. The van der Waals surface area contributed by atoms with E-state index in [2.05, 4.69) is 41.6 Å². The summed E-state index contributed by atoms with van der Waals surface area (Å²) in [6.07, 6.45) is 0.963. The zero-order valence-corrected chi connectivity index (χ0v) is 17.1. The number of rotatable bonds is 5. The van der Waals surface area contributed by atoms with E-state index in [1.807, 2.05) is 17.5 Å². The summed E-state index contributed by atoms with van der Waals surface area (Å²) >= 11 is 1.59. The summed E-state index contributed by atoms with van der Waals surface area (Å²) in [5.74, 6) is -0.310. The fourth-order valence-electron chi connectivity index (χ4n) is 3.39. The number of thiophene rings is 1. The molecular weight excluding hydrogens is 382 g/mol. The number of carbonyl (C=O) groups is 1. The summed E-state index contributed by atoms with van der Waals surface area (Å²) in [6, 6.07) is 19.0. The van der Waals surface area contributed by atoms with Crippen molar-refractivity contribution >= 4 is 28.0 Å². The van der Waals surface area contributed by atoms with Crippen molar-refractivity contribution in [2.45, 2.75) is 19.4 Å². The molecule has 6 heteroatoms. The SMILES string of the molecule is CCc1ccc([C@@H](NC(=O)c2nn(C)c(=O)c3ccccc23)c2cccs2)cc1. The predicted octanol–water partition coefficient (Wildman–Crippen LogP) is 4.08. The Hall–Kier alpha value is -3.25. The maximum absolute atomic E-state index is 13.2. The third kappa shape index (κ3) is 3.71. The number of amides is 1. The highest BCUT2D eigenvalue weighted by Gasteiger charge is 2.22. The minimum absolute atomic E-state index is 0.220. The molecule has 0 radical (unpaired) electrons. The van der Waals surface area contributed by atoms with Crippen LogP contribution in [0.25, 0.3) is 10.8 Å². The Labute approximate surface area is 172 Å². The van der Waals surface area contributed by atoms with Crippen LogP contribution in [0.1, 0.15) is 39.5 Å². The van der Waals surface area contributed by atoms with Crippen molar-refractivity contribution in [3.8, 4) is 0 Å². The molecule has 0 saturated carbocycles. The largest absolute Gasteiger partial charge is 0.339 e. The molecule has 2 aromatic heterocycles. The van der Waals surface area contributed by atoms with Crippen LogP contribution in [0, 0.1) is 0 Å². The van der Waals surface area contributed by atoms with Gasteiger partial charge in [-0.15, -0.1) is 11.3 Å². The second-order valence-corrected chi connectivity index (χ2v) is 7.82. The Morgan fingerprint density at radius 2 is 1.79 bits per heavy atom. The van der Waals surface area contributed by atoms with Gasteiger partial charge in [0.15, 0.2) is 5.69 Å². The van der Waals surface area contributed by atoms with E-state index in [9.17, 15) is 9.59 Å². The third-order valence-electron chi connectivity index (χ3n) is 5.00. The number of carbonyl (C=O) groups excluding carboxylic acids is 1. The monoisotopic (exact) mass is 403 g/mol. The topological polar surface area (TPSA) is 64.0 Å². The van der Waals surface area contributed by atoms with Crippen molar-refractivity contribution in [2.75, 3.05) is 0 Å². The fraction of sp³-hybridized carbons (Fsp3) is 0.174. The third-order valence-corrected chi connectivity index (χ3v) is 5.93. The van der Waals surface area contributed by atoms with Crippen LogP contribution in [0.15, 0.2) is 70.8 Å². The van der Waals surface area contributed by atoms with E-state index in [1.165, 1.54) is 10.2 Å². The van der Waals surface area contributed by atoms with Gasteiger partial charge < -0.3 is 5.32 Å². The molecule has 0 bridgehead atoms. The lowest BCUT2D eigenvalue weighted by molar-refractivity contribution is 0.0938. The minimum Gasteiger partial charge on any atom is -0.339 e. The molecule has 2 aromatic carbocycles. The van der Waals surface area contributed by atoms with Gasteiger partial charge in [0.05, 0.1) is 11.4 Å². The first-order chi connectivity index (χ1) is 14.1. The zero-order chi connectivity index (χ0) is 20.4. The maximum atomic E-state index is 13.2. The number of hydrogen-bond donors (Lipinski definition) is 1. The van der Waals surface area contributed by atoms with E-state index in [0.29, 0.717) is 10.8 Å². The van der Waals surface area contributed by atoms with Crippen LogP contribution in [0.3, 0.4) is 0 Å². The van der Waals surface area contributed by atoms with Crippen molar-refractivity contribution in [3.05, 3.63) is 98.1 Å². The second-order valence-electron chi connectivity index (χ2n) is 6.84. The van der Waals surface area contributed by atoms with Gasteiger partial charge in [-0.1, -0.05) is 55.5 Å². The minimum atomic E-state index is -0.310. The summed E-state index contributed by atoms with van der Waals surface area (Å²) in [5.41, 5.74) is 2.28. The number of fused-ring (bicyclic) bond motifs is 1. The predicted molar refractivity (Wildman–Crippen MR) is 116 cm³/mol. The van der Waals surface area contributed by atoms with E-state index in [1.54, 1.807) is 42.6 Å². The van der Waals surface area contributed by atoms with Gasteiger partial charge in [0, 0.05) is 17.3 Å². The molecular formula is C23H21N3O2S. The lowest BCUT2D eigenvalue weighted by Crippen LogP contribution is -2.32. The Bertz CT molecular complexity index is 1210. The van der Waals surface area contributed by atoms with Crippen molar-refractivity contribution in [2.24, 2.45) is 7.05 Å². The van der Waals surface area contributed by atoms with Gasteiger partial charge in [-0.05, 0) is 35.1 Å². The van der Waals surface area contributed by atoms with Crippen molar-refractivity contribution in [3.63, 3.8) is 0 Å². The van der Waals surface area contributed by atoms with Crippen LogP contribution in [0.5, 0.6) is 0 Å². The number of nitrogens with one attached hydrogen (secondary N) is 1. The van der Waals surface area contributed by atoms with Crippen LogP contribution in [0.4, 0.5) is 0 Å². The van der Waals surface area contributed by atoms with Crippen molar-refractivity contribution in [1.82, 2.24) is 15.1 Å². The molecule has 2 heterocycles. The molecule has 0 aliphatic heterocycles. The summed E-state index contributed by atoms with van der Waals surface area (Å²) in [7, 11) is 1.56. The standard InChI is InChI=1S/C23H21N3O2S/c1-3-15-10-12-16(13-11-15)20(19-9-6-14-29-19)24-22(27)21-17-7-4-5-8-18(17)23(28)26(2)25-21/h4-14,20H,3H2,1-2H3,(H,24,27)/t20-/m1/s1. The highest BCUT2D eigenvalue weighted by atomic mass is 32.1. The molecule has 0 saturated heterocycles. The van der Waals surface area contributed by atoms with Crippen LogP contribution < -0.4 is 10.9 Å². The Kier molecular flexibility index (Phi) is 5.27. The van der Waals surface area contributed by atoms with E-state index >= 15 is 0 Å². The molecule has 4 rings (SSSR count). The van der Waals surface area contributed by atoms with E-state index in [0.717, 1.165) is 16.9 Å². The fourth-order valence-corrected chi connectivity index (χ4v) is 4.19. The lowest BCUT2D eigenvalue weighted by Gasteiger charge is -2.19. The van der Waals surface area contributed by atoms with Crippen LogP contribution in [0.2, 0.25) is 0 Å². The molecule has 0 unspecified atom stereocenters. The molecule has 0 aliphatic rings. The number of nitrogens with zero attached hydrogens (tertiary/aromatic N) is 2. The highest BCUT2D eigenvalue weighted by molar-refractivity contribution is 7.10. The molecule has 4 aromatic rings. The summed E-state index contributed by atoms with van der Waals surface area (Å²) in [5, 5.41) is 10.4. The van der Waals surface area contributed by atoms with Gasteiger partial charge in [0.25, 0.3) is 11.5 Å². The number of aromatic nitrogens is 2. The van der Waals surface area contributed by atoms with Crippen molar-refractivity contribution < 1.29 is 4.79 Å². The molecule has 5 nitrogen and oxygen atoms in total. The van der Waals surface area contributed by atoms with Gasteiger partial charge in [0.2, 0.25) is 0 Å². The van der Waals surface area contributed by atoms with Gasteiger partial charge in [-0.25, -0.2) is 4.68 Å². The average Bonchev–Trinajstić information content (AvgIpc) is 3.29. The maximum Gasteiger partial charge on any atom is 0.274 e. The second kappa shape index (κ2) is 8.01. The molecule has 1 amide bonds. The zero-order valence-electron chi connectivity index (χ0n) is 16.3.